The average molecular weight is 213 g/mol. The van der Waals surface area contributed by atoms with Crippen LogP contribution in [0.1, 0.15) is 0 Å². The fourth-order valence-corrected chi connectivity index (χ4v) is 1.69. The van der Waals surface area contributed by atoms with Crippen LogP contribution in [-0.2, 0) is 4.79 Å². The zero-order valence-corrected chi connectivity index (χ0v) is 8.11. The first-order chi connectivity index (χ1) is 6.68. The smallest absolute Gasteiger partial charge is 0.310 e. The van der Waals surface area contributed by atoms with E-state index in [0.29, 0.717) is 18.1 Å². The first-order valence-corrected chi connectivity index (χ1v) is 4.63. The summed E-state index contributed by atoms with van der Waals surface area (Å²) in [6, 6.07) is 1.79. The van der Waals surface area contributed by atoms with Gasteiger partial charge in [0.15, 0.2) is 0 Å². The van der Waals surface area contributed by atoms with Crippen molar-refractivity contribution in [1.82, 2.24) is 4.98 Å². The average Bonchev–Trinajstić information content (AvgIpc) is 2.05. The highest BCUT2D eigenvalue weighted by atomic mass is 35.5. The third kappa shape index (κ3) is 1.53. The third-order valence-electron chi connectivity index (χ3n) is 2.32. The Balaban J connectivity index is 2.07. The topological polar surface area (TPSA) is 53.4 Å². The van der Waals surface area contributed by atoms with Crippen LogP contribution in [0.25, 0.3) is 0 Å². The van der Waals surface area contributed by atoms with Gasteiger partial charge in [-0.15, -0.1) is 0 Å². The van der Waals surface area contributed by atoms with Crippen molar-refractivity contribution in [1.29, 1.82) is 0 Å². The molecule has 74 valence electrons. The summed E-state index contributed by atoms with van der Waals surface area (Å²) in [5.41, 5.74) is 0.860. The van der Waals surface area contributed by atoms with Crippen LogP contribution in [0.4, 0.5) is 5.69 Å². The van der Waals surface area contributed by atoms with Crippen LogP contribution < -0.4 is 4.90 Å². The Morgan fingerprint density at radius 2 is 2.36 bits per heavy atom. The van der Waals surface area contributed by atoms with Crippen LogP contribution in [0.5, 0.6) is 0 Å². The summed E-state index contributed by atoms with van der Waals surface area (Å²) in [5, 5.41) is 9.26. The lowest BCUT2D eigenvalue weighted by atomic mass is 10.00. The van der Waals surface area contributed by atoms with Gasteiger partial charge in [0.2, 0.25) is 0 Å². The molecule has 2 rings (SSSR count). The summed E-state index contributed by atoms with van der Waals surface area (Å²) in [5.74, 6) is -1.01. The van der Waals surface area contributed by atoms with Crippen LogP contribution in [0, 0.1) is 5.92 Å². The molecule has 0 saturated carbocycles. The molecule has 2 heterocycles. The fourth-order valence-electron chi connectivity index (χ4n) is 1.46. The molecule has 0 atom stereocenters. The minimum absolute atomic E-state index is 0.265. The molecule has 0 bridgehead atoms. The van der Waals surface area contributed by atoms with E-state index in [2.05, 4.69) is 4.98 Å². The van der Waals surface area contributed by atoms with E-state index in [0.717, 1.165) is 5.69 Å². The summed E-state index contributed by atoms with van der Waals surface area (Å²) in [6.07, 6.45) is 3.21. The van der Waals surface area contributed by atoms with Gasteiger partial charge in [-0.25, -0.2) is 0 Å². The van der Waals surface area contributed by atoms with Crippen molar-refractivity contribution in [3.8, 4) is 0 Å². The number of carboxylic acids is 1. The van der Waals surface area contributed by atoms with Crippen LogP contribution in [0.3, 0.4) is 0 Å². The predicted octanol–water partition coefficient (Wildman–Crippen LogP) is 1.26. The maximum atomic E-state index is 10.6. The Hall–Kier alpha value is -1.29. The number of rotatable bonds is 2. The zero-order valence-electron chi connectivity index (χ0n) is 7.35. The lowest BCUT2D eigenvalue weighted by Gasteiger charge is -2.38. The van der Waals surface area contributed by atoms with Crippen molar-refractivity contribution >= 4 is 23.3 Å². The number of nitrogens with zero attached hydrogens (tertiary/aromatic N) is 2. The maximum absolute atomic E-state index is 10.6. The van der Waals surface area contributed by atoms with Crippen LogP contribution in [0.15, 0.2) is 18.5 Å². The molecule has 0 unspecified atom stereocenters. The number of pyridine rings is 1. The number of hydrogen-bond donors (Lipinski definition) is 1. The molecule has 1 aromatic rings. The number of anilines is 1. The summed E-state index contributed by atoms with van der Waals surface area (Å²) < 4.78 is 0. The largest absolute Gasteiger partial charge is 0.481 e. The van der Waals surface area contributed by atoms with Crippen LogP contribution >= 0.6 is 11.6 Å². The highest BCUT2D eigenvalue weighted by molar-refractivity contribution is 6.33. The minimum atomic E-state index is -0.744. The van der Waals surface area contributed by atoms with E-state index < -0.39 is 5.97 Å². The number of carboxylic acid groups (broad SMARTS) is 1. The molecule has 1 saturated heterocycles. The van der Waals surface area contributed by atoms with E-state index in [1.807, 2.05) is 4.90 Å². The molecular formula is C9H9ClN2O2. The lowest BCUT2D eigenvalue weighted by molar-refractivity contribution is -0.142. The number of aromatic nitrogens is 1. The van der Waals surface area contributed by atoms with Crippen molar-refractivity contribution in [2.45, 2.75) is 0 Å². The second-order valence-corrected chi connectivity index (χ2v) is 3.67. The molecule has 0 radical (unpaired) electrons. The Labute approximate surface area is 86.1 Å². The van der Waals surface area contributed by atoms with E-state index in [-0.39, 0.29) is 5.92 Å². The zero-order chi connectivity index (χ0) is 10.1. The number of carbonyl (C=O) groups is 1. The van der Waals surface area contributed by atoms with Gasteiger partial charge in [0.1, 0.15) is 0 Å². The summed E-state index contributed by atoms with van der Waals surface area (Å²) >= 11 is 5.91. The summed E-state index contributed by atoms with van der Waals surface area (Å²) in [4.78, 5) is 16.4. The van der Waals surface area contributed by atoms with E-state index in [1.54, 1.807) is 18.5 Å². The molecule has 0 aromatic carbocycles. The van der Waals surface area contributed by atoms with E-state index in [9.17, 15) is 4.79 Å². The second kappa shape index (κ2) is 3.46. The molecule has 0 spiro atoms. The highest BCUT2D eigenvalue weighted by Crippen LogP contribution is 2.30. The molecule has 4 nitrogen and oxygen atoms in total. The van der Waals surface area contributed by atoms with Crippen molar-refractivity contribution < 1.29 is 9.90 Å². The molecule has 14 heavy (non-hydrogen) atoms. The fraction of sp³-hybridized carbons (Fsp3) is 0.333. The van der Waals surface area contributed by atoms with Crippen molar-refractivity contribution in [3.05, 3.63) is 23.5 Å². The molecule has 1 aliphatic rings. The van der Waals surface area contributed by atoms with Crippen molar-refractivity contribution in [3.63, 3.8) is 0 Å². The quantitative estimate of drug-likeness (QED) is 0.802. The van der Waals surface area contributed by atoms with Crippen molar-refractivity contribution in [2.24, 2.45) is 5.92 Å². The van der Waals surface area contributed by atoms with Gasteiger partial charge in [-0.05, 0) is 6.07 Å². The molecule has 0 amide bonds. The van der Waals surface area contributed by atoms with E-state index in [4.69, 9.17) is 16.7 Å². The second-order valence-electron chi connectivity index (χ2n) is 3.27. The number of halogens is 1. The molecule has 5 heteroatoms. The summed E-state index contributed by atoms with van der Waals surface area (Å²) in [6.45, 7) is 1.05. The highest BCUT2D eigenvalue weighted by Gasteiger charge is 2.33. The molecule has 0 aliphatic carbocycles. The molecule has 1 aromatic heterocycles. The van der Waals surface area contributed by atoms with Gasteiger partial charge in [0.25, 0.3) is 0 Å². The SMILES string of the molecule is O=C(O)C1CN(c2ccncc2Cl)C1. The van der Waals surface area contributed by atoms with E-state index in [1.165, 1.54) is 0 Å². The standard InChI is InChI=1S/C9H9ClN2O2/c10-7-3-11-2-1-8(7)12-4-6(5-12)9(13)14/h1-3,6H,4-5H2,(H,13,14). The van der Waals surface area contributed by atoms with Gasteiger partial charge < -0.3 is 10.0 Å². The van der Waals surface area contributed by atoms with Gasteiger partial charge in [-0.1, -0.05) is 11.6 Å². The Morgan fingerprint density at radius 3 is 2.93 bits per heavy atom. The van der Waals surface area contributed by atoms with Gasteiger partial charge in [0, 0.05) is 25.5 Å². The third-order valence-corrected chi connectivity index (χ3v) is 2.61. The molecule has 1 N–H and O–H groups in total. The minimum Gasteiger partial charge on any atom is -0.481 e. The molecule has 1 aliphatic heterocycles. The molecule has 1 fully saturated rings. The Kier molecular flexibility index (Phi) is 2.29. The van der Waals surface area contributed by atoms with Gasteiger partial charge in [0.05, 0.1) is 16.6 Å². The summed E-state index contributed by atoms with van der Waals surface area (Å²) in [7, 11) is 0. The first-order valence-electron chi connectivity index (χ1n) is 4.26. The van der Waals surface area contributed by atoms with Crippen LogP contribution in [-0.4, -0.2) is 29.1 Å². The molecular weight excluding hydrogens is 204 g/mol. The first kappa shape index (κ1) is 9.27. The van der Waals surface area contributed by atoms with Gasteiger partial charge in [-0.2, -0.15) is 0 Å². The van der Waals surface area contributed by atoms with Gasteiger partial charge in [-0.3, -0.25) is 9.78 Å². The van der Waals surface area contributed by atoms with Crippen LogP contribution in [0.2, 0.25) is 5.02 Å². The number of hydrogen-bond acceptors (Lipinski definition) is 3. The maximum Gasteiger partial charge on any atom is 0.310 e. The van der Waals surface area contributed by atoms with E-state index >= 15 is 0 Å². The Morgan fingerprint density at radius 1 is 1.64 bits per heavy atom. The normalized spacial score (nSPS) is 16.5. The van der Waals surface area contributed by atoms with Crippen molar-refractivity contribution in [2.75, 3.05) is 18.0 Å². The monoisotopic (exact) mass is 212 g/mol. The lowest BCUT2D eigenvalue weighted by Crippen LogP contribution is -2.50. The predicted molar refractivity (Wildman–Crippen MR) is 52.6 cm³/mol. The number of aliphatic carboxylic acids is 1. The Bertz CT molecular complexity index is 364. The van der Waals surface area contributed by atoms with Gasteiger partial charge >= 0.3 is 5.97 Å².